The molecule has 0 aromatic heterocycles. The molecular weight excluding hydrogens is 331 g/mol. The monoisotopic (exact) mass is 358 g/mol. The first-order valence-corrected chi connectivity index (χ1v) is 8.61. The molecule has 0 aliphatic carbocycles. The Morgan fingerprint density at radius 2 is 1.96 bits per heavy atom. The second-order valence-electron chi connectivity index (χ2n) is 6.15. The number of rotatable bonds is 9. The molecular formula is C22H27FO3. The van der Waals surface area contributed by atoms with Crippen molar-refractivity contribution in [2.75, 3.05) is 6.61 Å². The quantitative estimate of drug-likeness (QED) is 0.568. The second-order valence-corrected chi connectivity index (χ2v) is 6.15. The largest absolute Gasteiger partial charge is 0.489 e. The fourth-order valence-corrected chi connectivity index (χ4v) is 2.39. The highest BCUT2D eigenvalue weighted by Gasteiger charge is 2.11. The molecule has 0 amide bonds. The summed E-state index contributed by atoms with van der Waals surface area (Å²) < 4.78 is 20.0. The molecule has 140 valence electrons. The molecule has 0 aliphatic rings. The van der Waals surface area contributed by atoms with Gasteiger partial charge >= 0.3 is 5.97 Å². The van der Waals surface area contributed by atoms with E-state index in [4.69, 9.17) is 9.84 Å². The zero-order valence-electron chi connectivity index (χ0n) is 15.9. The molecule has 0 aliphatic heterocycles. The van der Waals surface area contributed by atoms with Gasteiger partial charge in [0.1, 0.15) is 18.2 Å². The van der Waals surface area contributed by atoms with Gasteiger partial charge in [-0.1, -0.05) is 43.9 Å². The molecule has 0 radical (unpaired) electrons. The van der Waals surface area contributed by atoms with Crippen LogP contribution >= 0.6 is 0 Å². The lowest BCUT2D eigenvalue weighted by Gasteiger charge is -2.13. The molecule has 0 spiro atoms. The van der Waals surface area contributed by atoms with Gasteiger partial charge in [0.05, 0.1) is 6.42 Å². The van der Waals surface area contributed by atoms with E-state index in [1.807, 2.05) is 26.0 Å². The molecule has 1 N–H and O–H groups in total. The van der Waals surface area contributed by atoms with Crippen LogP contribution in [0.5, 0.6) is 5.75 Å². The van der Waals surface area contributed by atoms with Crippen molar-refractivity contribution in [1.82, 2.24) is 0 Å². The number of carboxylic acid groups (broad SMARTS) is 1. The van der Waals surface area contributed by atoms with E-state index in [0.29, 0.717) is 28.9 Å². The van der Waals surface area contributed by atoms with Crippen LogP contribution in [0.1, 0.15) is 39.7 Å². The molecule has 3 nitrogen and oxygen atoms in total. The Hall–Kier alpha value is -2.62. The Morgan fingerprint density at radius 1 is 1.31 bits per heavy atom. The fraction of sp³-hybridized carbons (Fsp3) is 0.318. The van der Waals surface area contributed by atoms with Crippen molar-refractivity contribution in [2.24, 2.45) is 0 Å². The van der Waals surface area contributed by atoms with E-state index in [0.717, 1.165) is 11.1 Å². The lowest BCUT2D eigenvalue weighted by Crippen LogP contribution is -2.06. The Bertz CT molecular complexity index is 750. The number of allylic oxidation sites excluding steroid dienone is 5. The first-order chi connectivity index (χ1) is 12.3. The Balaban J connectivity index is 2.96. The number of carboxylic acids is 1. The number of hydrogen-bond acceptors (Lipinski definition) is 2. The third-order valence-corrected chi connectivity index (χ3v) is 3.91. The van der Waals surface area contributed by atoms with Gasteiger partial charge in [-0.25, -0.2) is 4.39 Å². The van der Waals surface area contributed by atoms with Crippen LogP contribution in [0.15, 0.2) is 71.1 Å². The molecule has 0 saturated heterocycles. The van der Waals surface area contributed by atoms with Crippen molar-refractivity contribution in [3.63, 3.8) is 0 Å². The third kappa shape index (κ3) is 6.36. The average molecular weight is 358 g/mol. The van der Waals surface area contributed by atoms with E-state index >= 15 is 0 Å². The lowest BCUT2D eigenvalue weighted by molar-refractivity contribution is -0.136. The van der Waals surface area contributed by atoms with E-state index in [1.54, 1.807) is 38.1 Å². The zero-order chi connectivity index (χ0) is 19.7. The number of hydrogen-bond donors (Lipinski definition) is 1. The maximum absolute atomic E-state index is 14.2. The highest BCUT2D eigenvalue weighted by atomic mass is 19.1. The summed E-state index contributed by atoms with van der Waals surface area (Å²) in [5.41, 5.74) is 3.28. The zero-order valence-corrected chi connectivity index (χ0v) is 15.9. The number of benzene rings is 1. The predicted molar refractivity (Wildman–Crippen MR) is 104 cm³/mol. The van der Waals surface area contributed by atoms with Crippen molar-refractivity contribution >= 4 is 5.97 Å². The van der Waals surface area contributed by atoms with Gasteiger partial charge in [-0.2, -0.15) is 0 Å². The summed E-state index contributed by atoms with van der Waals surface area (Å²) in [6.45, 7) is 11.4. The first-order valence-electron chi connectivity index (χ1n) is 8.61. The summed E-state index contributed by atoms with van der Waals surface area (Å²) in [4.78, 5) is 11.0. The van der Waals surface area contributed by atoms with Crippen LogP contribution in [0.2, 0.25) is 0 Å². The Kier molecular flexibility index (Phi) is 8.56. The Morgan fingerprint density at radius 3 is 2.50 bits per heavy atom. The summed E-state index contributed by atoms with van der Waals surface area (Å²) in [6, 6.07) is 7.06. The van der Waals surface area contributed by atoms with Gasteiger partial charge in [-0.15, -0.1) is 0 Å². The number of carbonyl (C=O) groups is 1. The smallest absolute Gasteiger partial charge is 0.307 e. The molecule has 1 rings (SSSR count). The number of halogens is 1. The van der Waals surface area contributed by atoms with Gasteiger partial charge in [-0.05, 0) is 50.0 Å². The van der Waals surface area contributed by atoms with Crippen LogP contribution in [0.3, 0.4) is 0 Å². The van der Waals surface area contributed by atoms with Crippen LogP contribution in [0.25, 0.3) is 0 Å². The third-order valence-electron chi connectivity index (χ3n) is 3.91. The topological polar surface area (TPSA) is 46.5 Å². The average Bonchev–Trinajstić information content (AvgIpc) is 2.61. The molecule has 4 heteroatoms. The van der Waals surface area contributed by atoms with Crippen LogP contribution in [0.4, 0.5) is 4.39 Å². The van der Waals surface area contributed by atoms with E-state index in [1.165, 1.54) is 0 Å². The van der Waals surface area contributed by atoms with Crippen molar-refractivity contribution in [3.05, 3.63) is 76.7 Å². The molecule has 1 aromatic carbocycles. The molecule has 0 bridgehead atoms. The van der Waals surface area contributed by atoms with E-state index < -0.39 is 5.97 Å². The molecule has 0 saturated carbocycles. The minimum absolute atomic E-state index is 0.0972. The van der Waals surface area contributed by atoms with E-state index in [9.17, 15) is 9.18 Å². The van der Waals surface area contributed by atoms with Crippen LogP contribution in [-0.4, -0.2) is 17.7 Å². The molecule has 1 aromatic rings. The van der Waals surface area contributed by atoms with Gasteiger partial charge in [0.15, 0.2) is 0 Å². The summed E-state index contributed by atoms with van der Waals surface area (Å²) >= 11 is 0. The van der Waals surface area contributed by atoms with E-state index in [-0.39, 0.29) is 18.9 Å². The predicted octanol–water partition coefficient (Wildman–Crippen LogP) is 5.79. The fourth-order valence-electron chi connectivity index (χ4n) is 2.39. The highest BCUT2D eigenvalue weighted by Crippen LogP contribution is 2.26. The highest BCUT2D eigenvalue weighted by molar-refractivity contribution is 5.71. The van der Waals surface area contributed by atoms with E-state index in [2.05, 4.69) is 6.58 Å². The van der Waals surface area contributed by atoms with Crippen molar-refractivity contribution < 1.29 is 19.0 Å². The van der Waals surface area contributed by atoms with Crippen molar-refractivity contribution in [2.45, 2.75) is 40.5 Å². The summed E-state index contributed by atoms with van der Waals surface area (Å²) in [5.74, 6) is -0.662. The normalized spacial score (nSPS) is 11.9. The number of ether oxygens (including phenoxy) is 1. The van der Waals surface area contributed by atoms with Crippen LogP contribution in [-0.2, 0) is 11.2 Å². The summed E-state index contributed by atoms with van der Waals surface area (Å²) in [7, 11) is 0. The van der Waals surface area contributed by atoms with Crippen LogP contribution < -0.4 is 4.74 Å². The maximum Gasteiger partial charge on any atom is 0.307 e. The molecule has 0 fully saturated rings. The van der Waals surface area contributed by atoms with Crippen LogP contribution in [0, 0.1) is 0 Å². The van der Waals surface area contributed by atoms with Crippen molar-refractivity contribution in [3.8, 4) is 5.75 Å². The standard InChI is InChI=1S/C22H27FO3/c1-6-17(12-18(7-2)16(5)22(23)15(3)4)14-26-20-11-9-8-10-19(20)13-21(24)25/h6,8-12H,5,7,13-14H2,1-4H3,(H,24,25)/b17-6+,18-12+. The second kappa shape index (κ2) is 10.4. The van der Waals surface area contributed by atoms with Gasteiger partial charge in [-0.3, -0.25) is 4.79 Å². The van der Waals surface area contributed by atoms with Gasteiger partial charge in [0.2, 0.25) is 0 Å². The van der Waals surface area contributed by atoms with Gasteiger partial charge in [0.25, 0.3) is 0 Å². The minimum atomic E-state index is -0.908. The Labute approximate surface area is 155 Å². The molecule has 26 heavy (non-hydrogen) atoms. The number of para-hydroxylation sites is 1. The summed E-state index contributed by atoms with van der Waals surface area (Å²) in [6.07, 6.45) is 4.32. The van der Waals surface area contributed by atoms with Crippen molar-refractivity contribution in [1.29, 1.82) is 0 Å². The molecule has 0 heterocycles. The van der Waals surface area contributed by atoms with Gasteiger partial charge in [0, 0.05) is 11.1 Å². The maximum atomic E-state index is 14.2. The minimum Gasteiger partial charge on any atom is -0.489 e. The van der Waals surface area contributed by atoms with Gasteiger partial charge < -0.3 is 9.84 Å². The summed E-state index contributed by atoms with van der Waals surface area (Å²) in [5, 5.41) is 9.00. The number of aliphatic carboxylic acids is 1. The first kappa shape index (κ1) is 21.4. The molecule has 0 atom stereocenters. The lowest BCUT2D eigenvalue weighted by atomic mass is 9.99. The SMILES string of the molecule is C=C(C(F)=C(C)C)/C(=C/C(=C\C)COc1ccccc1CC(=O)O)CC. The molecule has 0 unspecified atom stereocenters.